The molecule has 1 aliphatic rings. The van der Waals surface area contributed by atoms with Gasteiger partial charge in [0.25, 0.3) is 0 Å². The van der Waals surface area contributed by atoms with E-state index in [1.165, 1.54) is 5.56 Å². The Bertz CT molecular complexity index is 365. The molecule has 0 spiro atoms. The molecule has 0 bridgehead atoms. The molecule has 0 saturated carbocycles. The van der Waals surface area contributed by atoms with Gasteiger partial charge in [-0.05, 0) is 18.6 Å². The van der Waals surface area contributed by atoms with Crippen LogP contribution in [-0.4, -0.2) is 17.1 Å². The highest BCUT2D eigenvalue weighted by atomic mass is 35.5. The lowest BCUT2D eigenvalue weighted by atomic mass is 10.1. The number of hydrogen-bond acceptors (Lipinski definition) is 2. The molecule has 1 unspecified atom stereocenters. The molecule has 2 N–H and O–H groups in total. The largest absolute Gasteiger partial charge is 0.480 e. The fourth-order valence-electron chi connectivity index (χ4n) is 1.64. The zero-order valence-corrected chi connectivity index (χ0v) is 8.60. The number of anilines is 1. The molecule has 0 amide bonds. The van der Waals surface area contributed by atoms with E-state index in [1.54, 1.807) is 0 Å². The second-order valence-electron chi connectivity index (χ2n) is 3.40. The Labute approximate surface area is 88.5 Å². The molecule has 2 rings (SSSR count). The number of fused-ring (bicyclic) bond motifs is 1. The van der Waals surface area contributed by atoms with Gasteiger partial charge in [-0.25, -0.2) is 4.79 Å². The van der Waals surface area contributed by atoms with Crippen LogP contribution in [0.25, 0.3) is 0 Å². The highest BCUT2D eigenvalue weighted by molar-refractivity contribution is 5.85. The second kappa shape index (κ2) is 3.88. The van der Waals surface area contributed by atoms with Crippen LogP contribution < -0.4 is 5.32 Å². The molecule has 1 aliphatic heterocycles. The van der Waals surface area contributed by atoms with Crippen LogP contribution in [0.5, 0.6) is 0 Å². The summed E-state index contributed by atoms with van der Waals surface area (Å²) >= 11 is 0. The zero-order valence-electron chi connectivity index (χ0n) is 7.78. The average molecular weight is 214 g/mol. The number of aliphatic carboxylic acids is 1. The molecule has 0 fully saturated rings. The van der Waals surface area contributed by atoms with Crippen molar-refractivity contribution >= 4 is 24.1 Å². The molecular formula is C10H12ClNO2. The minimum absolute atomic E-state index is 0. The summed E-state index contributed by atoms with van der Waals surface area (Å²) in [5.74, 6) is -0.783. The van der Waals surface area contributed by atoms with Gasteiger partial charge in [-0.2, -0.15) is 0 Å². The van der Waals surface area contributed by atoms with E-state index in [0.717, 1.165) is 11.3 Å². The first kappa shape index (κ1) is 10.9. The molecule has 3 nitrogen and oxygen atoms in total. The lowest BCUT2D eigenvalue weighted by Gasteiger charge is -2.03. The Morgan fingerprint density at radius 1 is 1.57 bits per heavy atom. The Morgan fingerprint density at radius 3 is 2.93 bits per heavy atom. The zero-order chi connectivity index (χ0) is 9.42. The molecule has 4 heteroatoms. The third-order valence-electron chi connectivity index (χ3n) is 2.31. The summed E-state index contributed by atoms with van der Waals surface area (Å²) in [4.78, 5) is 10.7. The molecule has 0 radical (unpaired) electrons. The van der Waals surface area contributed by atoms with Crippen LogP contribution in [0, 0.1) is 6.92 Å². The van der Waals surface area contributed by atoms with Gasteiger partial charge in [0.05, 0.1) is 0 Å². The Balaban J connectivity index is 0.000000980. The number of rotatable bonds is 1. The Morgan fingerprint density at radius 2 is 2.29 bits per heavy atom. The van der Waals surface area contributed by atoms with Crippen molar-refractivity contribution in [2.75, 3.05) is 5.32 Å². The topological polar surface area (TPSA) is 49.3 Å². The van der Waals surface area contributed by atoms with E-state index in [4.69, 9.17) is 5.11 Å². The van der Waals surface area contributed by atoms with Crippen LogP contribution >= 0.6 is 12.4 Å². The first-order valence-corrected chi connectivity index (χ1v) is 4.25. The molecule has 0 aromatic heterocycles. The molecule has 1 atom stereocenters. The quantitative estimate of drug-likeness (QED) is 0.749. The maximum absolute atomic E-state index is 10.7. The van der Waals surface area contributed by atoms with E-state index in [2.05, 4.69) is 5.32 Å². The summed E-state index contributed by atoms with van der Waals surface area (Å²) in [6.45, 7) is 2.01. The van der Waals surface area contributed by atoms with E-state index in [1.807, 2.05) is 25.1 Å². The first-order chi connectivity index (χ1) is 6.16. The van der Waals surface area contributed by atoms with Gasteiger partial charge in [-0.1, -0.05) is 17.7 Å². The maximum Gasteiger partial charge on any atom is 0.326 e. The minimum atomic E-state index is -0.783. The second-order valence-corrected chi connectivity index (χ2v) is 3.40. The van der Waals surface area contributed by atoms with E-state index in [0.29, 0.717) is 6.42 Å². The van der Waals surface area contributed by atoms with Crippen molar-refractivity contribution in [3.63, 3.8) is 0 Å². The number of benzene rings is 1. The van der Waals surface area contributed by atoms with Crippen LogP contribution in [0.15, 0.2) is 18.2 Å². The van der Waals surface area contributed by atoms with Crippen molar-refractivity contribution in [2.24, 2.45) is 0 Å². The maximum atomic E-state index is 10.7. The SMILES string of the molecule is Cc1ccc2c(c1)CC(C(=O)O)N2.Cl. The van der Waals surface area contributed by atoms with Crippen LogP contribution in [0.4, 0.5) is 5.69 Å². The predicted molar refractivity (Wildman–Crippen MR) is 57.2 cm³/mol. The van der Waals surface area contributed by atoms with Crippen molar-refractivity contribution in [3.05, 3.63) is 29.3 Å². The molecule has 1 aromatic carbocycles. The molecule has 76 valence electrons. The molecule has 14 heavy (non-hydrogen) atoms. The summed E-state index contributed by atoms with van der Waals surface area (Å²) in [5.41, 5.74) is 3.23. The summed E-state index contributed by atoms with van der Waals surface area (Å²) in [5, 5.41) is 11.8. The monoisotopic (exact) mass is 213 g/mol. The lowest BCUT2D eigenvalue weighted by Crippen LogP contribution is -2.26. The van der Waals surface area contributed by atoms with E-state index in [9.17, 15) is 4.79 Å². The van der Waals surface area contributed by atoms with Gasteiger partial charge in [-0.15, -0.1) is 12.4 Å². The van der Waals surface area contributed by atoms with Gasteiger partial charge in [-0.3, -0.25) is 0 Å². The molecule has 0 saturated heterocycles. The first-order valence-electron chi connectivity index (χ1n) is 4.25. The number of carbonyl (C=O) groups is 1. The number of halogens is 1. The van der Waals surface area contributed by atoms with Crippen molar-refractivity contribution < 1.29 is 9.90 Å². The molecular weight excluding hydrogens is 202 g/mol. The van der Waals surface area contributed by atoms with Crippen molar-refractivity contribution in [2.45, 2.75) is 19.4 Å². The van der Waals surface area contributed by atoms with Crippen LogP contribution in [0.3, 0.4) is 0 Å². The normalized spacial score (nSPS) is 17.9. The van der Waals surface area contributed by atoms with Crippen molar-refractivity contribution in [1.29, 1.82) is 0 Å². The van der Waals surface area contributed by atoms with E-state index >= 15 is 0 Å². The Kier molecular flexibility index (Phi) is 3.01. The third kappa shape index (κ3) is 1.82. The third-order valence-corrected chi connectivity index (χ3v) is 2.31. The fraction of sp³-hybridized carbons (Fsp3) is 0.300. The summed E-state index contributed by atoms with van der Waals surface area (Å²) in [7, 11) is 0. The molecule has 1 heterocycles. The highest BCUT2D eigenvalue weighted by Gasteiger charge is 2.25. The minimum Gasteiger partial charge on any atom is -0.480 e. The van der Waals surface area contributed by atoms with Crippen LogP contribution in [-0.2, 0) is 11.2 Å². The van der Waals surface area contributed by atoms with Gasteiger partial charge >= 0.3 is 5.97 Å². The van der Waals surface area contributed by atoms with E-state index < -0.39 is 12.0 Å². The fourth-order valence-corrected chi connectivity index (χ4v) is 1.64. The number of aryl methyl sites for hydroxylation is 1. The average Bonchev–Trinajstić information content (AvgIpc) is 2.46. The van der Waals surface area contributed by atoms with Crippen LogP contribution in [0.1, 0.15) is 11.1 Å². The number of carboxylic acids is 1. The standard InChI is InChI=1S/C10H11NO2.ClH/c1-6-2-3-8-7(4-6)5-9(11-8)10(12)13;/h2-4,9,11H,5H2,1H3,(H,12,13);1H. The van der Waals surface area contributed by atoms with Crippen molar-refractivity contribution in [1.82, 2.24) is 0 Å². The summed E-state index contributed by atoms with van der Waals surface area (Å²) in [6, 6.07) is 5.51. The predicted octanol–water partition coefficient (Wildman–Crippen LogP) is 1.84. The smallest absolute Gasteiger partial charge is 0.326 e. The lowest BCUT2D eigenvalue weighted by molar-refractivity contribution is -0.137. The van der Waals surface area contributed by atoms with Crippen LogP contribution in [0.2, 0.25) is 0 Å². The number of hydrogen-bond donors (Lipinski definition) is 2. The highest BCUT2D eigenvalue weighted by Crippen LogP contribution is 2.26. The van der Waals surface area contributed by atoms with Gasteiger partial charge in [0.2, 0.25) is 0 Å². The number of nitrogens with one attached hydrogen (secondary N) is 1. The van der Waals surface area contributed by atoms with Gasteiger partial charge < -0.3 is 10.4 Å². The van der Waals surface area contributed by atoms with Crippen molar-refractivity contribution in [3.8, 4) is 0 Å². The van der Waals surface area contributed by atoms with Gasteiger partial charge in [0.15, 0.2) is 0 Å². The number of carboxylic acid groups (broad SMARTS) is 1. The van der Waals surface area contributed by atoms with Gasteiger partial charge in [0.1, 0.15) is 6.04 Å². The summed E-state index contributed by atoms with van der Waals surface area (Å²) < 4.78 is 0. The Hall–Kier alpha value is -1.22. The molecule has 0 aliphatic carbocycles. The van der Waals surface area contributed by atoms with E-state index in [-0.39, 0.29) is 12.4 Å². The summed E-state index contributed by atoms with van der Waals surface area (Å²) in [6.07, 6.45) is 0.590. The molecule has 1 aromatic rings. The van der Waals surface area contributed by atoms with Gasteiger partial charge in [0, 0.05) is 12.1 Å².